The first kappa shape index (κ1) is 9.67. The normalized spacial score (nSPS) is 17.3. The minimum Gasteiger partial charge on any atom is -0.472 e. The van der Waals surface area contributed by atoms with Crippen molar-refractivity contribution in [3.63, 3.8) is 0 Å². The monoisotopic (exact) mass is 214 g/mol. The molecule has 0 saturated heterocycles. The highest BCUT2D eigenvalue weighted by atomic mass is 16.3. The molecule has 0 saturated carbocycles. The minimum absolute atomic E-state index is 0.631. The van der Waals surface area contributed by atoms with Gasteiger partial charge in [-0.3, -0.25) is 0 Å². The summed E-state index contributed by atoms with van der Waals surface area (Å²) in [5.41, 5.74) is 2.98. The number of furan rings is 1. The summed E-state index contributed by atoms with van der Waals surface area (Å²) in [6, 6.07) is 10.2. The molecule has 16 heavy (non-hydrogen) atoms. The van der Waals surface area contributed by atoms with Gasteiger partial charge in [-0.2, -0.15) is 0 Å². The summed E-state index contributed by atoms with van der Waals surface area (Å²) in [4.78, 5) is 0. The summed E-state index contributed by atoms with van der Waals surface area (Å²) in [6.07, 6.45) is 5.52. The van der Waals surface area contributed by atoms with E-state index in [4.69, 9.17) is 4.42 Å². The smallest absolute Gasteiger partial charge is 0.0935 e. The van der Waals surface area contributed by atoms with Crippen LogP contribution in [0, 0.1) is 0 Å². The van der Waals surface area contributed by atoms with Crippen molar-refractivity contribution in [3.8, 4) is 0 Å². The summed E-state index contributed by atoms with van der Waals surface area (Å²) < 4.78 is 5.04. The summed E-state index contributed by atoms with van der Waals surface area (Å²) in [5.74, 6) is 0. The van der Waals surface area contributed by atoms with Crippen molar-refractivity contribution in [3.05, 3.63) is 59.5 Å². The molecule has 0 unspecified atom stereocenters. The van der Waals surface area contributed by atoms with E-state index >= 15 is 0 Å². The van der Waals surface area contributed by atoms with Gasteiger partial charge in [-0.25, -0.2) is 0 Å². The van der Waals surface area contributed by atoms with Crippen molar-refractivity contribution in [2.45, 2.75) is 24.9 Å². The lowest BCUT2D eigenvalue weighted by Crippen LogP contribution is -2.31. The Balaban J connectivity index is 1.83. The fourth-order valence-corrected chi connectivity index (χ4v) is 2.57. The standard InChI is InChI=1S/C14H14O2/c15-14(7-11-5-6-16-10-11)8-12-3-1-2-4-13(12)9-14/h1-6,10,15H,7-9H2. The van der Waals surface area contributed by atoms with Crippen molar-refractivity contribution >= 4 is 0 Å². The average molecular weight is 214 g/mol. The molecule has 0 fully saturated rings. The van der Waals surface area contributed by atoms with Crippen LogP contribution in [-0.4, -0.2) is 10.7 Å². The number of aliphatic hydroxyl groups is 1. The second kappa shape index (κ2) is 3.49. The van der Waals surface area contributed by atoms with E-state index in [2.05, 4.69) is 12.1 Å². The van der Waals surface area contributed by atoms with Crippen LogP contribution in [0.1, 0.15) is 16.7 Å². The van der Waals surface area contributed by atoms with E-state index in [0.717, 1.165) is 18.4 Å². The average Bonchev–Trinajstić information content (AvgIpc) is 2.83. The van der Waals surface area contributed by atoms with Crippen LogP contribution < -0.4 is 0 Å². The quantitative estimate of drug-likeness (QED) is 0.832. The molecule has 0 atom stereocenters. The van der Waals surface area contributed by atoms with Gasteiger partial charge < -0.3 is 9.52 Å². The first-order valence-electron chi connectivity index (χ1n) is 5.55. The Morgan fingerprint density at radius 2 is 1.81 bits per heavy atom. The number of hydrogen-bond acceptors (Lipinski definition) is 2. The fourth-order valence-electron chi connectivity index (χ4n) is 2.57. The van der Waals surface area contributed by atoms with E-state index in [9.17, 15) is 5.11 Å². The van der Waals surface area contributed by atoms with E-state index in [1.807, 2.05) is 18.2 Å². The van der Waals surface area contributed by atoms with Crippen LogP contribution >= 0.6 is 0 Å². The molecule has 1 aromatic heterocycles. The van der Waals surface area contributed by atoms with Crippen LogP contribution in [0.15, 0.2) is 47.3 Å². The number of fused-ring (bicyclic) bond motifs is 1. The van der Waals surface area contributed by atoms with Crippen molar-refractivity contribution in [1.82, 2.24) is 0 Å². The maximum Gasteiger partial charge on any atom is 0.0935 e. The molecule has 1 N–H and O–H groups in total. The summed E-state index contributed by atoms with van der Waals surface area (Å²) in [7, 11) is 0. The largest absolute Gasteiger partial charge is 0.472 e. The molecule has 0 aliphatic heterocycles. The highest BCUT2D eigenvalue weighted by Gasteiger charge is 2.35. The molecule has 1 aliphatic carbocycles. The molecule has 1 heterocycles. The van der Waals surface area contributed by atoms with Crippen LogP contribution in [0.2, 0.25) is 0 Å². The van der Waals surface area contributed by atoms with E-state index in [0.29, 0.717) is 6.42 Å². The van der Waals surface area contributed by atoms with Gasteiger partial charge in [0.2, 0.25) is 0 Å². The summed E-state index contributed by atoms with van der Waals surface area (Å²) >= 11 is 0. The van der Waals surface area contributed by atoms with Gasteiger partial charge in [0.1, 0.15) is 0 Å². The minimum atomic E-state index is -0.631. The molecule has 3 rings (SSSR count). The van der Waals surface area contributed by atoms with Crippen LogP contribution in [0.5, 0.6) is 0 Å². The van der Waals surface area contributed by atoms with E-state index < -0.39 is 5.60 Å². The highest BCUT2D eigenvalue weighted by molar-refractivity contribution is 5.36. The third-order valence-corrected chi connectivity index (χ3v) is 3.27. The predicted molar refractivity (Wildman–Crippen MR) is 61.2 cm³/mol. The second-order valence-electron chi connectivity index (χ2n) is 4.65. The van der Waals surface area contributed by atoms with Crippen LogP contribution in [0.25, 0.3) is 0 Å². The first-order chi connectivity index (χ1) is 7.75. The van der Waals surface area contributed by atoms with Crippen molar-refractivity contribution in [1.29, 1.82) is 0 Å². The molecule has 1 aromatic carbocycles. The molecule has 2 nitrogen and oxygen atoms in total. The molecule has 0 spiro atoms. The zero-order chi connectivity index (χ0) is 11.0. The molecule has 0 amide bonds. The second-order valence-corrected chi connectivity index (χ2v) is 4.65. The molecule has 2 heteroatoms. The number of rotatable bonds is 2. The van der Waals surface area contributed by atoms with Gasteiger partial charge in [0.25, 0.3) is 0 Å². The Hall–Kier alpha value is -1.54. The summed E-state index contributed by atoms with van der Waals surface area (Å²) in [5, 5.41) is 10.5. The molecular formula is C14H14O2. The first-order valence-corrected chi connectivity index (χ1v) is 5.55. The Morgan fingerprint density at radius 1 is 1.12 bits per heavy atom. The SMILES string of the molecule is OC1(Cc2ccoc2)Cc2ccccc2C1. The molecule has 2 aromatic rings. The maximum atomic E-state index is 10.5. The third kappa shape index (κ3) is 1.65. The van der Waals surface area contributed by atoms with Crippen LogP contribution in [-0.2, 0) is 19.3 Å². The number of benzene rings is 1. The Kier molecular flexibility index (Phi) is 2.11. The van der Waals surface area contributed by atoms with E-state index in [1.54, 1.807) is 12.5 Å². The Labute approximate surface area is 94.5 Å². The Morgan fingerprint density at radius 3 is 2.38 bits per heavy atom. The zero-order valence-electron chi connectivity index (χ0n) is 9.02. The van der Waals surface area contributed by atoms with E-state index in [1.165, 1.54) is 11.1 Å². The predicted octanol–water partition coefficient (Wildman–Crippen LogP) is 2.35. The fraction of sp³-hybridized carbons (Fsp3) is 0.286. The maximum absolute atomic E-state index is 10.5. The topological polar surface area (TPSA) is 33.4 Å². The van der Waals surface area contributed by atoms with E-state index in [-0.39, 0.29) is 0 Å². The Bertz CT molecular complexity index is 455. The van der Waals surface area contributed by atoms with Gasteiger partial charge >= 0.3 is 0 Å². The number of hydrogen-bond donors (Lipinski definition) is 1. The lowest BCUT2D eigenvalue weighted by molar-refractivity contribution is 0.0516. The van der Waals surface area contributed by atoms with Gasteiger partial charge in [0.15, 0.2) is 0 Å². The molecule has 1 aliphatic rings. The molecular weight excluding hydrogens is 200 g/mol. The third-order valence-electron chi connectivity index (χ3n) is 3.27. The van der Waals surface area contributed by atoms with Gasteiger partial charge in [0.05, 0.1) is 18.1 Å². The zero-order valence-corrected chi connectivity index (χ0v) is 9.02. The lowest BCUT2D eigenvalue weighted by atomic mass is 9.93. The highest BCUT2D eigenvalue weighted by Crippen LogP contribution is 2.32. The van der Waals surface area contributed by atoms with Crippen molar-refractivity contribution < 1.29 is 9.52 Å². The van der Waals surface area contributed by atoms with Crippen molar-refractivity contribution in [2.75, 3.05) is 0 Å². The molecule has 82 valence electrons. The van der Waals surface area contributed by atoms with Crippen LogP contribution in [0.4, 0.5) is 0 Å². The van der Waals surface area contributed by atoms with Gasteiger partial charge in [-0.1, -0.05) is 24.3 Å². The van der Waals surface area contributed by atoms with Crippen LogP contribution in [0.3, 0.4) is 0 Å². The van der Waals surface area contributed by atoms with Crippen molar-refractivity contribution in [2.24, 2.45) is 0 Å². The molecule has 0 radical (unpaired) electrons. The van der Waals surface area contributed by atoms with Gasteiger partial charge in [0, 0.05) is 19.3 Å². The molecule has 0 bridgehead atoms. The lowest BCUT2D eigenvalue weighted by Gasteiger charge is -2.21. The summed E-state index contributed by atoms with van der Waals surface area (Å²) in [6.45, 7) is 0. The van der Waals surface area contributed by atoms with Gasteiger partial charge in [-0.15, -0.1) is 0 Å². The van der Waals surface area contributed by atoms with Gasteiger partial charge in [-0.05, 0) is 22.8 Å².